The Bertz CT molecular complexity index is 3600. The molecule has 2 aromatic heterocycles. The van der Waals surface area contributed by atoms with E-state index in [2.05, 4.69) is 224 Å². The van der Waals surface area contributed by atoms with Crippen molar-refractivity contribution in [3.63, 3.8) is 0 Å². The highest BCUT2D eigenvalue weighted by molar-refractivity contribution is 6.25. The lowest BCUT2D eigenvalue weighted by molar-refractivity contribution is 1.19. The first-order valence-corrected chi connectivity index (χ1v) is 21.1. The predicted octanol–water partition coefficient (Wildman–Crippen LogP) is 15.6. The van der Waals surface area contributed by atoms with Gasteiger partial charge in [0, 0.05) is 44.0 Å². The maximum Gasteiger partial charge on any atom is 0.161 e. The summed E-state index contributed by atoms with van der Waals surface area (Å²) in [6.07, 6.45) is 0. The van der Waals surface area contributed by atoms with Crippen molar-refractivity contribution < 1.29 is 0 Å². The molecule has 0 aliphatic heterocycles. The van der Waals surface area contributed by atoms with Crippen molar-refractivity contribution >= 4 is 54.0 Å². The Balaban J connectivity index is 1.08. The molecule has 0 unspecified atom stereocenters. The highest BCUT2D eigenvalue weighted by atomic mass is 14.9. The van der Waals surface area contributed by atoms with Crippen LogP contribution in [0.1, 0.15) is 0 Å². The second-order valence-corrected chi connectivity index (χ2v) is 15.9. The van der Waals surface area contributed by atoms with Crippen molar-refractivity contribution in [3.8, 4) is 67.4 Å². The molecule has 3 nitrogen and oxygen atoms in total. The molecule has 288 valence electrons. The highest BCUT2D eigenvalue weighted by Crippen LogP contribution is 2.44. The standard InChI is InChI=1S/C59H37N3/c1-3-18-42(19-4-1)57-54(58(43-20-5-2-6-21-43)62-59(61-57)49-28-15-23-39-17-9-10-24-46(39)49)41-33-31-40(32-34-41)51-37-52-55(48-26-12-11-25-47(48)51)50-27-13-14-29-53(50)60-56(52)45-35-30-38-16-7-8-22-44(38)36-45/h1-37H. The molecular weight excluding hydrogens is 751 g/mol. The van der Waals surface area contributed by atoms with E-state index in [4.69, 9.17) is 15.0 Å². The van der Waals surface area contributed by atoms with E-state index in [1.807, 2.05) is 0 Å². The maximum absolute atomic E-state index is 5.45. The monoisotopic (exact) mass is 787 g/mol. The Morgan fingerprint density at radius 3 is 1.53 bits per heavy atom. The summed E-state index contributed by atoms with van der Waals surface area (Å²) < 4.78 is 0. The third kappa shape index (κ3) is 6.02. The van der Waals surface area contributed by atoms with Gasteiger partial charge in [-0.3, -0.25) is 0 Å². The largest absolute Gasteiger partial charge is 0.247 e. The molecule has 12 rings (SSSR count). The van der Waals surface area contributed by atoms with Crippen LogP contribution in [0.25, 0.3) is 121 Å². The van der Waals surface area contributed by atoms with Gasteiger partial charge >= 0.3 is 0 Å². The number of fused-ring (bicyclic) bond motifs is 7. The SMILES string of the molecule is c1ccc(-c2nc(-c3cccc4ccccc34)nc(-c3ccccc3)c2-c2ccc(-c3cc4c(-c5ccc6ccccc6c5)nc5ccccc5c4c4ccccc34)cc2)cc1. The molecule has 0 fully saturated rings. The summed E-state index contributed by atoms with van der Waals surface area (Å²) in [5, 5.41) is 10.6. The van der Waals surface area contributed by atoms with E-state index in [1.54, 1.807) is 0 Å². The third-order valence-electron chi connectivity index (χ3n) is 12.2. The first-order valence-electron chi connectivity index (χ1n) is 21.1. The van der Waals surface area contributed by atoms with Gasteiger partial charge < -0.3 is 0 Å². The van der Waals surface area contributed by atoms with Gasteiger partial charge in [-0.2, -0.15) is 0 Å². The molecule has 0 amide bonds. The van der Waals surface area contributed by atoms with Gasteiger partial charge in [-0.1, -0.05) is 206 Å². The molecule has 0 N–H and O–H groups in total. The average Bonchev–Trinajstić information content (AvgIpc) is 3.35. The lowest BCUT2D eigenvalue weighted by atomic mass is 9.88. The van der Waals surface area contributed by atoms with Gasteiger partial charge in [0.05, 0.1) is 22.6 Å². The van der Waals surface area contributed by atoms with Crippen LogP contribution in [0.4, 0.5) is 0 Å². The van der Waals surface area contributed by atoms with E-state index in [1.165, 1.54) is 26.9 Å². The Morgan fingerprint density at radius 1 is 0.258 bits per heavy atom. The number of benzene rings is 10. The number of pyridine rings is 1. The topological polar surface area (TPSA) is 38.7 Å². The van der Waals surface area contributed by atoms with Gasteiger partial charge in [0.1, 0.15) is 0 Å². The van der Waals surface area contributed by atoms with Gasteiger partial charge in [0.25, 0.3) is 0 Å². The minimum atomic E-state index is 0.700. The lowest BCUT2D eigenvalue weighted by Gasteiger charge is -2.18. The maximum atomic E-state index is 5.45. The Labute approximate surface area is 359 Å². The normalized spacial score (nSPS) is 11.5. The van der Waals surface area contributed by atoms with E-state index >= 15 is 0 Å². The first kappa shape index (κ1) is 35.7. The first-order chi connectivity index (χ1) is 30.7. The lowest BCUT2D eigenvalue weighted by Crippen LogP contribution is -2.01. The van der Waals surface area contributed by atoms with Crippen molar-refractivity contribution in [2.75, 3.05) is 0 Å². The highest BCUT2D eigenvalue weighted by Gasteiger charge is 2.22. The van der Waals surface area contributed by atoms with Crippen LogP contribution in [0.2, 0.25) is 0 Å². The molecule has 0 radical (unpaired) electrons. The van der Waals surface area contributed by atoms with Crippen molar-refractivity contribution in [1.29, 1.82) is 0 Å². The van der Waals surface area contributed by atoms with Crippen molar-refractivity contribution in [2.24, 2.45) is 0 Å². The average molecular weight is 788 g/mol. The summed E-state index contributed by atoms with van der Waals surface area (Å²) in [6.45, 7) is 0. The second kappa shape index (κ2) is 14.8. The molecule has 0 saturated carbocycles. The Kier molecular flexibility index (Phi) is 8.50. The smallest absolute Gasteiger partial charge is 0.161 e. The zero-order chi connectivity index (χ0) is 41.0. The van der Waals surface area contributed by atoms with Crippen molar-refractivity contribution in [2.45, 2.75) is 0 Å². The third-order valence-corrected chi connectivity index (χ3v) is 12.2. The van der Waals surface area contributed by atoms with E-state index < -0.39 is 0 Å². The van der Waals surface area contributed by atoms with Crippen LogP contribution in [0.5, 0.6) is 0 Å². The van der Waals surface area contributed by atoms with E-state index in [0.717, 1.165) is 88.7 Å². The number of nitrogens with zero attached hydrogens (tertiary/aromatic N) is 3. The molecule has 0 aliphatic carbocycles. The molecule has 2 heterocycles. The summed E-state index contributed by atoms with van der Waals surface area (Å²) in [5.41, 5.74) is 12.3. The van der Waals surface area contributed by atoms with Gasteiger partial charge in [0.2, 0.25) is 0 Å². The van der Waals surface area contributed by atoms with E-state index in [-0.39, 0.29) is 0 Å². The molecule has 10 aromatic carbocycles. The van der Waals surface area contributed by atoms with Crippen LogP contribution in [0, 0.1) is 0 Å². The molecule has 12 aromatic rings. The van der Waals surface area contributed by atoms with Crippen molar-refractivity contribution in [3.05, 3.63) is 224 Å². The fourth-order valence-electron chi connectivity index (χ4n) is 9.31. The molecule has 62 heavy (non-hydrogen) atoms. The summed E-state index contributed by atoms with van der Waals surface area (Å²) in [5.74, 6) is 0.700. The van der Waals surface area contributed by atoms with Crippen LogP contribution in [-0.4, -0.2) is 15.0 Å². The van der Waals surface area contributed by atoms with Crippen LogP contribution >= 0.6 is 0 Å². The number of para-hydroxylation sites is 1. The van der Waals surface area contributed by atoms with Gasteiger partial charge in [-0.25, -0.2) is 15.0 Å². The van der Waals surface area contributed by atoms with E-state index in [9.17, 15) is 0 Å². The zero-order valence-electron chi connectivity index (χ0n) is 33.7. The van der Waals surface area contributed by atoms with Gasteiger partial charge in [0.15, 0.2) is 5.82 Å². The predicted molar refractivity (Wildman–Crippen MR) is 260 cm³/mol. The zero-order valence-corrected chi connectivity index (χ0v) is 33.7. The van der Waals surface area contributed by atoms with Crippen LogP contribution in [-0.2, 0) is 0 Å². The van der Waals surface area contributed by atoms with Crippen molar-refractivity contribution in [1.82, 2.24) is 15.0 Å². The van der Waals surface area contributed by atoms with Crippen LogP contribution in [0.3, 0.4) is 0 Å². The minimum Gasteiger partial charge on any atom is -0.247 e. The molecule has 0 spiro atoms. The van der Waals surface area contributed by atoms with Crippen LogP contribution < -0.4 is 0 Å². The quantitative estimate of drug-likeness (QED) is 0.158. The minimum absolute atomic E-state index is 0.700. The molecule has 0 bridgehead atoms. The van der Waals surface area contributed by atoms with Gasteiger partial charge in [-0.15, -0.1) is 0 Å². The molecule has 0 saturated heterocycles. The number of aromatic nitrogens is 3. The molecular formula is C59H37N3. The summed E-state index contributed by atoms with van der Waals surface area (Å²) in [4.78, 5) is 16.3. The Morgan fingerprint density at radius 2 is 0.806 bits per heavy atom. The van der Waals surface area contributed by atoms with Gasteiger partial charge in [-0.05, 0) is 67.2 Å². The van der Waals surface area contributed by atoms with E-state index in [0.29, 0.717) is 5.82 Å². The molecule has 3 heteroatoms. The molecule has 0 aliphatic rings. The fourth-order valence-corrected chi connectivity index (χ4v) is 9.31. The summed E-state index contributed by atoms with van der Waals surface area (Å²) >= 11 is 0. The number of rotatable bonds is 6. The fraction of sp³-hybridized carbons (Fsp3) is 0. The number of hydrogen-bond acceptors (Lipinski definition) is 3. The summed E-state index contributed by atoms with van der Waals surface area (Å²) in [7, 11) is 0. The number of hydrogen-bond donors (Lipinski definition) is 0. The summed E-state index contributed by atoms with van der Waals surface area (Å²) in [6, 6.07) is 79.8. The Hall–Kier alpha value is -8.27. The second-order valence-electron chi connectivity index (χ2n) is 15.9. The molecule has 0 atom stereocenters. The van der Waals surface area contributed by atoms with Crippen LogP contribution in [0.15, 0.2) is 224 Å².